The maximum absolute atomic E-state index is 15.5. The number of rotatable bonds is 6. The van der Waals surface area contributed by atoms with Gasteiger partial charge in [0.05, 0.1) is 39.7 Å². The molecule has 1 unspecified atom stereocenters. The number of amides is 1. The lowest BCUT2D eigenvalue weighted by Crippen LogP contribution is -3.07. The number of fused-ring (bicyclic) bond motifs is 2. The number of halogens is 3. The molecule has 0 bridgehead atoms. The highest BCUT2D eigenvalue weighted by molar-refractivity contribution is 5.89. The Morgan fingerprint density at radius 3 is 2.34 bits per heavy atom. The molecule has 7 nitrogen and oxygen atoms in total. The molecule has 1 amide bonds. The molecule has 1 saturated carbocycles. The van der Waals surface area contributed by atoms with Crippen molar-refractivity contribution in [1.29, 1.82) is 0 Å². The van der Waals surface area contributed by atoms with Crippen LogP contribution in [0.5, 0.6) is 11.5 Å². The fourth-order valence-corrected chi connectivity index (χ4v) is 5.08. The Morgan fingerprint density at radius 1 is 1.08 bits per heavy atom. The van der Waals surface area contributed by atoms with Crippen molar-refractivity contribution in [1.82, 2.24) is 4.57 Å². The molecule has 204 valence electrons. The summed E-state index contributed by atoms with van der Waals surface area (Å²) in [5, 5.41) is 13.1. The van der Waals surface area contributed by atoms with E-state index in [1.54, 1.807) is 0 Å². The summed E-state index contributed by atoms with van der Waals surface area (Å²) in [6.45, 7) is 7.71. The van der Waals surface area contributed by atoms with Crippen LogP contribution in [0.15, 0.2) is 36.4 Å². The summed E-state index contributed by atoms with van der Waals surface area (Å²) in [7, 11) is 6.26. The SMILES string of the molecule is CC(C)(C)c1cc2cc([NH+]([O-])C(=O)C3(c4ccc5c(c4)OC(F)(F)O5)CC3)c(F)cc2n1CC[N+](C)(C)C. The summed E-state index contributed by atoms with van der Waals surface area (Å²) in [5.74, 6) is -1.87. The van der Waals surface area contributed by atoms with Gasteiger partial charge in [-0.15, -0.1) is 8.78 Å². The fraction of sp³-hybridized carbons (Fsp3) is 0.464. The first-order valence-corrected chi connectivity index (χ1v) is 12.6. The zero-order valence-electron chi connectivity index (χ0n) is 22.5. The van der Waals surface area contributed by atoms with Gasteiger partial charge in [-0.3, -0.25) is 5.06 Å². The number of carbonyl (C=O) groups excluding carboxylic acids is 1. The number of hydroxylamine groups is 1. The second-order valence-electron chi connectivity index (χ2n) is 12.4. The zero-order valence-corrected chi connectivity index (χ0v) is 22.5. The molecule has 1 aliphatic heterocycles. The summed E-state index contributed by atoms with van der Waals surface area (Å²) >= 11 is 0. The third-order valence-electron chi connectivity index (χ3n) is 7.34. The Balaban J connectivity index is 1.49. The summed E-state index contributed by atoms with van der Waals surface area (Å²) in [5.41, 5.74) is 0.343. The van der Waals surface area contributed by atoms with E-state index in [9.17, 15) is 18.8 Å². The van der Waals surface area contributed by atoms with Crippen LogP contribution in [-0.4, -0.2) is 48.9 Å². The Labute approximate surface area is 219 Å². The van der Waals surface area contributed by atoms with Crippen molar-refractivity contribution in [3.63, 3.8) is 0 Å². The van der Waals surface area contributed by atoms with Crippen LogP contribution in [0.25, 0.3) is 10.9 Å². The molecule has 0 spiro atoms. The monoisotopic (exact) mass is 532 g/mol. The number of benzene rings is 2. The normalized spacial score (nSPS) is 18.6. The number of alkyl halides is 2. The molecule has 38 heavy (non-hydrogen) atoms. The van der Waals surface area contributed by atoms with E-state index in [1.807, 2.05) is 6.07 Å². The highest BCUT2D eigenvalue weighted by Crippen LogP contribution is 2.51. The van der Waals surface area contributed by atoms with Crippen LogP contribution in [0.3, 0.4) is 0 Å². The van der Waals surface area contributed by atoms with E-state index in [2.05, 4.69) is 56.0 Å². The molecule has 1 aromatic heterocycles. The average Bonchev–Trinajstić information content (AvgIpc) is 3.43. The maximum atomic E-state index is 15.5. The molecule has 10 heteroatoms. The standard InChI is InChI=1S/C28H33F3N3O4/c1-26(2,3)24-14-17-13-21(19(29)16-20(17)32(24)11-12-34(4,5)6)33(36)25(35)27(9-10-27)18-7-8-22-23(15-18)38-28(30,31)37-22/h7-8,13-16,33H,9-12H2,1-6H3/q+1. The van der Waals surface area contributed by atoms with Crippen LogP contribution in [-0.2, 0) is 22.2 Å². The summed E-state index contributed by atoms with van der Waals surface area (Å²) in [4.78, 5) is 13.4. The van der Waals surface area contributed by atoms with Crippen molar-refractivity contribution in [3.8, 4) is 11.5 Å². The predicted octanol–water partition coefficient (Wildman–Crippen LogP) is 4.38. The fourth-order valence-electron chi connectivity index (χ4n) is 5.08. The minimum absolute atomic E-state index is 0.144. The van der Waals surface area contributed by atoms with Gasteiger partial charge >= 0.3 is 12.2 Å². The predicted molar refractivity (Wildman–Crippen MR) is 136 cm³/mol. The van der Waals surface area contributed by atoms with E-state index >= 15 is 4.39 Å². The smallest absolute Gasteiger partial charge is 0.586 e. The molecular formula is C28H33F3N3O4+. The highest BCUT2D eigenvalue weighted by atomic mass is 19.3. The number of ether oxygens (including phenoxy) is 2. The molecule has 5 rings (SSSR count). The molecule has 1 aliphatic carbocycles. The van der Waals surface area contributed by atoms with E-state index in [-0.39, 0.29) is 22.6 Å². The molecule has 1 atom stereocenters. The van der Waals surface area contributed by atoms with Crippen molar-refractivity contribution in [2.45, 2.75) is 57.3 Å². The van der Waals surface area contributed by atoms with Gasteiger partial charge in [0.1, 0.15) is 5.41 Å². The lowest BCUT2D eigenvalue weighted by molar-refractivity contribution is -0.870. The van der Waals surface area contributed by atoms with Crippen molar-refractivity contribution < 1.29 is 37.0 Å². The van der Waals surface area contributed by atoms with Crippen LogP contribution in [0.4, 0.5) is 18.9 Å². The van der Waals surface area contributed by atoms with Crippen LogP contribution in [0, 0.1) is 11.0 Å². The van der Waals surface area contributed by atoms with Crippen LogP contribution in [0.2, 0.25) is 0 Å². The Bertz CT molecular complexity index is 1430. The third kappa shape index (κ3) is 4.65. The van der Waals surface area contributed by atoms with Gasteiger partial charge in [0.25, 0.3) is 0 Å². The van der Waals surface area contributed by atoms with E-state index in [0.29, 0.717) is 35.9 Å². The number of nitrogens with zero attached hydrogens (tertiary/aromatic N) is 2. The van der Waals surface area contributed by atoms with Gasteiger partial charge in [-0.1, -0.05) is 26.8 Å². The molecule has 2 aromatic carbocycles. The molecular weight excluding hydrogens is 499 g/mol. The minimum atomic E-state index is -3.79. The van der Waals surface area contributed by atoms with E-state index in [0.717, 1.165) is 16.7 Å². The van der Waals surface area contributed by atoms with E-state index in [4.69, 9.17) is 0 Å². The lowest BCUT2D eigenvalue weighted by Gasteiger charge is -2.27. The van der Waals surface area contributed by atoms with Crippen LogP contribution in [0.1, 0.15) is 44.9 Å². The number of carbonyl (C=O) groups is 1. The average molecular weight is 533 g/mol. The Hall–Kier alpha value is -3.08. The number of nitrogens with one attached hydrogen (secondary N) is 1. The molecule has 1 fully saturated rings. The Kier molecular flexibility index (Phi) is 5.90. The first-order chi connectivity index (χ1) is 17.5. The van der Waals surface area contributed by atoms with Gasteiger partial charge in [0.15, 0.2) is 23.0 Å². The van der Waals surface area contributed by atoms with Crippen LogP contribution >= 0.6 is 0 Å². The van der Waals surface area contributed by atoms with Crippen molar-refractivity contribution in [3.05, 3.63) is 58.7 Å². The summed E-state index contributed by atoms with van der Waals surface area (Å²) in [6, 6.07) is 8.82. The molecule has 1 N–H and O–H groups in total. The van der Waals surface area contributed by atoms with Crippen LogP contribution < -0.4 is 14.5 Å². The zero-order chi connectivity index (χ0) is 27.8. The Morgan fingerprint density at radius 2 is 1.74 bits per heavy atom. The van der Waals surface area contributed by atoms with E-state index in [1.165, 1.54) is 30.3 Å². The lowest BCUT2D eigenvalue weighted by atomic mass is 9.92. The minimum Gasteiger partial charge on any atom is -0.621 e. The van der Waals surface area contributed by atoms with Gasteiger partial charge < -0.3 is 23.7 Å². The summed E-state index contributed by atoms with van der Waals surface area (Å²) in [6.07, 6.45) is -3.08. The first-order valence-electron chi connectivity index (χ1n) is 12.6. The van der Waals surface area contributed by atoms with Gasteiger partial charge in [-0.25, -0.2) is 9.18 Å². The number of likely N-dealkylation sites (N-methyl/N-ethyl adjacent to an activating group) is 1. The molecule has 0 saturated heterocycles. The first kappa shape index (κ1) is 26.5. The quantitative estimate of drug-likeness (QED) is 0.378. The number of hydrogen-bond acceptors (Lipinski definition) is 4. The van der Waals surface area contributed by atoms with Gasteiger partial charge in [-0.05, 0) is 36.6 Å². The van der Waals surface area contributed by atoms with Crippen molar-refractivity contribution in [2.75, 3.05) is 27.7 Å². The largest absolute Gasteiger partial charge is 0.621 e. The van der Waals surface area contributed by atoms with Gasteiger partial charge in [-0.2, -0.15) is 0 Å². The molecule has 2 heterocycles. The van der Waals surface area contributed by atoms with Crippen molar-refractivity contribution in [2.24, 2.45) is 0 Å². The maximum Gasteiger partial charge on any atom is 0.586 e. The molecule has 2 aliphatic rings. The number of aromatic nitrogens is 1. The van der Waals surface area contributed by atoms with Crippen molar-refractivity contribution >= 4 is 22.5 Å². The molecule has 0 radical (unpaired) electrons. The van der Waals surface area contributed by atoms with Gasteiger partial charge in [0, 0.05) is 28.6 Å². The number of quaternary nitrogens is 2. The number of hydrogen-bond donors (Lipinski definition) is 1. The highest BCUT2D eigenvalue weighted by Gasteiger charge is 2.56. The van der Waals surface area contributed by atoms with Gasteiger partial charge in [0.2, 0.25) is 0 Å². The third-order valence-corrected chi connectivity index (χ3v) is 7.34. The van der Waals surface area contributed by atoms with E-state index < -0.39 is 28.5 Å². The summed E-state index contributed by atoms with van der Waals surface area (Å²) < 4.78 is 54.1. The molecule has 3 aromatic rings. The second-order valence-corrected chi connectivity index (χ2v) is 12.4. The topological polar surface area (TPSA) is 68.0 Å². The second kappa shape index (κ2) is 8.46.